The largest absolute Gasteiger partial charge is 0.356 e. The number of halogens is 1. The van der Waals surface area contributed by atoms with Gasteiger partial charge >= 0.3 is 0 Å². The summed E-state index contributed by atoms with van der Waals surface area (Å²) < 4.78 is 0.800. The van der Waals surface area contributed by atoms with Gasteiger partial charge in [0.15, 0.2) is 0 Å². The van der Waals surface area contributed by atoms with E-state index in [4.69, 9.17) is 0 Å². The van der Waals surface area contributed by atoms with Crippen LogP contribution in [0.1, 0.15) is 43.0 Å². The number of piperidine rings is 1. The van der Waals surface area contributed by atoms with E-state index in [0.717, 1.165) is 43.2 Å². The standard InChI is InChI=1S/C17H23BrN2O2/c1-2-3-10-19-16(21)13-7-6-11-20(12-13)17(22)14-8-4-5-9-15(14)18/h4-5,8-9,13H,2-3,6-7,10-12H2,1H3,(H,19,21)/t13-/m1/s1. The molecule has 1 aromatic carbocycles. The molecule has 2 rings (SSSR count). The van der Waals surface area contributed by atoms with Crippen LogP contribution in [-0.4, -0.2) is 36.3 Å². The topological polar surface area (TPSA) is 49.4 Å². The predicted molar refractivity (Wildman–Crippen MR) is 90.7 cm³/mol. The smallest absolute Gasteiger partial charge is 0.255 e. The monoisotopic (exact) mass is 366 g/mol. The number of hydrogen-bond acceptors (Lipinski definition) is 2. The highest BCUT2D eigenvalue weighted by Crippen LogP contribution is 2.22. The molecular weight excluding hydrogens is 344 g/mol. The van der Waals surface area contributed by atoms with Crippen molar-refractivity contribution in [2.75, 3.05) is 19.6 Å². The average molecular weight is 367 g/mol. The van der Waals surface area contributed by atoms with Crippen molar-refractivity contribution in [2.24, 2.45) is 5.92 Å². The lowest BCUT2D eigenvalue weighted by Gasteiger charge is -2.32. The quantitative estimate of drug-likeness (QED) is 0.813. The van der Waals surface area contributed by atoms with Gasteiger partial charge in [-0.25, -0.2) is 0 Å². The molecule has 0 spiro atoms. The molecule has 0 aromatic heterocycles. The normalized spacial score (nSPS) is 18.1. The minimum absolute atomic E-state index is 0.00136. The van der Waals surface area contributed by atoms with Gasteiger partial charge in [-0.15, -0.1) is 0 Å². The van der Waals surface area contributed by atoms with E-state index >= 15 is 0 Å². The number of nitrogens with zero attached hydrogens (tertiary/aromatic N) is 1. The maximum atomic E-state index is 12.6. The van der Waals surface area contributed by atoms with Gasteiger partial charge in [0.2, 0.25) is 5.91 Å². The molecule has 0 aliphatic carbocycles. The van der Waals surface area contributed by atoms with Crippen LogP contribution < -0.4 is 5.32 Å². The molecule has 1 aromatic rings. The number of unbranched alkanes of at least 4 members (excludes halogenated alkanes) is 1. The van der Waals surface area contributed by atoms with Gasteiger partial charge in [0.25, 0.3) is 5.91 Å². The third-order valence-electron chi connectivity index (χ3n) is 4.01. The molecule has 22 heavy (non-hydrogen) atoms. The summed E-state index contributed by atoms with van der Waals surface area (Å²) in [5, 5.41) is 2.98. The number of carbonyl (C=O) groups is 2. The maximum absolute atomic E-state index is 12.6. The Hall–Kier alpha value is -1.36. The zero-order valence-corrected chi connectivity index (χ0v) is 14.6. The van der Waals surface area contributed by atoms with Crippen LogP contribution in [0.15, 0.2) is 28.7 Å². The third-order valence-corrected chi connectivity index (χ3v) is 4.70. The van der Waals surface area contributed by atoms with Gasteiger partial charge in [-0.05, 0) is 47.3 Å². The first-order valence-electron chi connectivity index (χ1n) is 7.95. The molecule has 4 nitrogen and oxygen atoms in total. The summed E-state index contributed by atoms with van der Waals surface area (Å²) >= 11 is 3.42. The highest BCUT2D eigenvalue weighted by Gasteiger charge is 2.29. The van der Waals surface area contributed by atoms with Gasteiger partial charge in [-0.2, -0.15) is 0 Å². The van der Waals surface area contributed by atoms with Crippen LogP contribution in [0.4, 0.5) is 0 Å². The fourth-order valence-electron chi connectivity index (χ4n) is 2.71. The van der Waals surface area contributed by atoms with Crippen LogP contribution in [0, 0.1) is 5.92 Å². The van der Waals surface area contributed by atoms with Crippen molar-refractivity contribution in [3.63, 3.8) is 0 Å². The van der Waals surface area contributed by atoms with E-state index in [9.17, 15) is 9.59 Å². The number of amides is 2. The molecule has 1 fully saturated rings. The van der Waals surface area contributed by atoms with E-state index in [1.807, 2.05) is 24.3 Å². The Bertz CT molecular complexity index is 533. The molecule has 1 aliphatic heterocycles. The van der Waals surface area contributed by atoms with Crippen molar-refractivity contribution in [1.82, 2.24) is 10.2 Å². The van der Waals surface area contributed by atoms with Crippen LogP contribution in [0.3, 0.4) is 0 Å². The van der Waals surface area contributed by atoms with Gasteiger partial charge in [0, 0.05) is 24.1 Å². The summed E-state index contributed by atoms with van der Waals surface area (Å²) in [5.41, 5.74) is 0.662. The van der Waals surface area contributed by atoms with Crippen LogP contribution in [0.5, 0.6) is 0 Å². The Labute approximate surface area is 140 Å². The molecule has 1 heterocycles. The Morgan fingerprint density at radius 1 is 1.36 bits per heavy atom. The average Bonchev–Trinajstić information content (AvgIpc) is 2.55. The molecule has 1 N–H and O–H groups in total. The second-order valence-electron chi connectivity index (χ2n) is 5.71. The van der Waals surface area contributed by atoms with Crippen LogP contribution in [0.2, 0.25) is 0 Å². The van der Waals surface area contributed by atoms with Crippen molar-refractivity contribution in [2.45, 2.75) is 32.6 Å². The van der Waals surface area contributed by atoms with Gasteiger partial charge in [0.1, 0.15) is 0 Å². The number of rotatable bonds is 5. The van der Waals surface area contributed by atoms with Crippen LogP contribution in [0.25, 0.3) is 0 Å². The molecule has 1 saturated heterocycles. The number of benzene rings is 1. The van der Waals surface area contributed by atoms with Crippen LogP contribution in [-0.2, 0) is 4.79 Å². The second kappa shape index (κ2) is 8.32. The Morgan fingerprint density at radius 2 is 2.14 bits per heavy atom. The fourth-order valence-corrected chi connectivity index (χ4v) is 3.17. The van der Waals surface area contributed by atoms with E-state index < -0.39 is 0 Å². The summed E-state index contributed by atoms with van der Waals surface area (Å²) in [5.74, 6) is -0.00588. The van der Waals surface area contributed by atoms with Gasteiger partial charge in [0.05, 0.1) is 11.5 Å². The van der Waals surface area contributed by atoms with Gasteiger partial charge in [-0.1, -0.05) is 25.5 Å². The Morgan fingerprint density at radius 3 is 2.86 bits per heavy atom. The van der Waals surface area contributed by atoms with Crippen molar-refractivity contribution in [3.8, 4) is 0 Å². The van der Waals surface area contributed by atoms with E-state index in [1.54, 1.807) is 4.90 Å². The highest BCUT2D eigenvalue weighted by atomic mass is 79.9. The minimum Gasteiger partial charge on any atom is -0.356 e. The first-order valence-corrected chi connectivity index (χ1v) is 8.74. The van der Waals surface area contributed by atoms with Gasteiger partial charge < -0.3 is 10.2 Å². The van der Waals surface area contributed by atoms with E-state index in [1.165, 1.54) is 0 Å². The number of carbonyl (C=O) groups excluding carboxylic acids is 2. The van der Waals surface area contributed by atoms with Crippen molar-refractivity contribution in [1.29, 1.82) is 0 Å². The van der Waals surface area contributed by atoms with Crippen molar-refractivity contribution >= 4 is 27.7 Å². The number of hydrogen-bond donors (Lipinski definition) is 1. The molecule has 0 saturated carbocycles. The number of nitrogens with one attached hydrogen (secondary N) is 1. The lowest BCUT2D eigenvalue weighted by Crippen LogP contribution is -2.45. The lowest BCUT2D eigenvalue weighted by atomic mass is 9.96. The van der Waals surface area contributed by atoms with Gasteiger partial charge in [-0.3, -0.25) is 9.59 Å². The summed E-state index contributed by atoms with van der Waals surface area (Å²) in [6.45, 7) is 4.06. The van der Waals surface area contributed by atoms with E-state index in [0.29, 0.717) is 12.1 Å². The number of likely N-dealkylation sites (tertiary alicyclic amines) is 1. The van der Waals surface area contributed by atoms with E-state index in [-0.39, 0.29) is 17.7 Å². The molecular formula is C17H23BrN2O2. The molecule has 0 radical (unpaired) electrons. The molecule has 0 bridgehead atoms. The summed E-state index contributed by atoms with van der Waals surface area (Å²) in [6.07, 6.45) is 3.80. The fraction of sp³-hybridized carbons (Fsp3) is 0.529. The maximum Gasteiger partial charge on any atom is 0.255 e. The molecule has 2 amide bonds. The molecule has 1 atom stereocenters. The van der Waals surface area contributed by atoms with Crippen molar-refractivity contribution in [3.05, 3.63) is 34.3 Å². The predicted octanol–water partition coefficient (Wildman–Crippen LogP) is 3.22. The minimum atomic E-state index is -0.0861. The first-order chi connectivity index (χ1) is 10.6. The molecule has 1 aliphatic rings. The second-order valence-corrected chi connectivity index (χ2v) is 6.57. The van der Waals surface area contributed by atoms with Crippen molar-refractivity contribution < 1.29 is 9.59 Å². The highest BCUT2D eigenvalue weighted by molar-refractivity contribution is 9.10. The lowest BCUT2D eigenvalue weighted by molar-refractivity contribution is -0.126. The molecule has 5 heteroatoms. The van der Waals surface area contributed by atoms with Crippen LogP contribution >= 0.6 is 15.9 Å². The summed E-state index contributed by atoms with van der Waals surface area (Å²) in [7, 11) is 0. The summed E-state index contributed by atoms with van der Waals surface area (Å²) in [4.78, 5) is 26.6. The third kappa shape index (κ3) is 4.32. The SMILES string of the molecule is CCCCNC(=O)[C@@H]1CCCN(C(=O)c2ccccc2Br)C1. The Balaban J connectivity index is 1.97. The Kier molecular flexibility index (Phi) is 6.43. The summed E-state index contributed by atoms with van der Waals surface area (Å²) in [6, 6.07) is 7.43. The molecule has 120 valence electrons. The zero-order chi connectivity index (χ0) is 15.9. The van der Waals surface area contributed by atoms with E-state index in [2.05, 4.69) is 28.2 Å². The zero-order valence-electron chi connectivity index (χ0n) is 13.0. The first kappa shape index (κ1) is 17.0. The molecule has 0 unspecified atom stereocenters.